The molecule has 0 atom stereocenters. The third kappa shape index (κ3) is 2.99. The second-order valence-electron chi connectivity index (χ2n) is 4.11. The van der Waals surface area contributed by atoms with Gasteiger partial charge in [-0.1, -0.05) is 39.8 Å². The number of morpholine rings is 1. The minimum Gasteiger partial charge on any atom is -0.482 e. The Balaban J connectivity index is 0.000000606. The molecule has 1 amide bonds. The number of fused-ring (bicyclic) bond motifs is 1. The molecule has 0 saturated carbocycles. The van der Waals surface area contributed by atoms with Crippen LogP contribution in [0.4, 0.5) is 0 Å². The van der Waals surface area contributed by atoms with Crippen LogP contribution >= 0.6 is 0 Å². The molecule has 1 N–H and O–H groups in total. The number of ether oxygens (including phenoxy) is 1. The molecule has 0 aromatic carbocycles. The van der Waals surface area contributed by atoms with Gasteiger partial charge in [0.1, 0.15) is 5.76 Å². The largest absolute Gasteiger partial charge is 0.482 e. The van der Waals surface area contributed by atoms with Crippen LogP contribution in [0.5, 0.6) is 0 Å². The summed E-state index contributed by atoms with van der Waals surface area (Å²) in [7, 11) is 0. The van der Waals surface area contributed by atoms with Crippen molar-refractivity contribution in [2.24, 2.45) is 5.41 Å². The third-order valence-electron chi connectivity index (χ3n) is 2.19. The normalized spacial score (nSPS) is 21.1. The number of carbonyl (C=O) groups is 1. The van der Waals surface area contributed by atoms with Crippen molar-refractivity contribution in [3.05, 3.63) is 35.8 Å². The smallest absolute Gasteiger partial charge is 0.262 e. The Kier molecular flexibility index (Phi) is 3.93. The van der Waals surface area contributed by atoms with E-state index in [9.17, 15) is 4.79 Å². The van der Waals surface area contributed by atoms with Gasteiger partial charge in [0.15, 0.2) is 6.61 Å². The van der Waals surface area contributed by atoms with Crippen molar-refractivity contribution < 1.29 is 9.53 Å². The zero-order chi connectivity index (χ0) is 12.2. The van der Waals surface area contributed by atoms with Crippen LogP contribution in [-0.2, 0) is 9.53 Å². The molecule has 0 radical (unpaired) electrons. The lowest BCUT2D eigenvalue weighted by atomic mass is 9.92. The average molecular weight is 221 g/mol. The standard InChI is InChI=1S/C11H13NO2.C2H6/c1-11(2)5-3-4-9-8(6-11)12-10(13)7-14-9;1-2/h3-6H,7H2,1-2H3,(H,12,13);1-2H3. The minimum absolute atomic E-state index is 0.0540. The monoisotopic (exact) mass is 221 g/mol. The highest BCUT2D eigenvalue weighted by atomic mass is 16.5. The van der Waals surface area contributed by atoms with Crippen LogP contribution in [0, 0.1) is 5.41 Å². The van der Waals surface area contributed by atoms with Gasteiger partial charge in [-0.25, -0.2) is 0 Å². The Bertz CT molecular complexity index is 362. The van der Waals surface area contributed by atoms with Crippen molar-refractivity contribution in [3.63, 3.8) is 0 Å². The topological polar surface area (TPSA) is 38.3 Å². The lowest BCUT2D eigenvalue weighted by Gasteiger charge is -2.22. The predicted octanol–water partition coefficient (Wildman–Crippen LogP) is 2.52. The van der Waals surface area contributed by atoms with E-state index in [0.717, 1.165) is 11.5 Å². The first-order chi connectivity index (χ1) is 7.57. The Morgan fingerprint density at radius 2 is 2.06 bits per heavy atom. The van der Waals surface area contributed by atoms with Gasteiger partial charge in [0.2, 0.25) is 0 Å². The molecule has 1 heterocycles. The lowest BCUT2D eigenvalue weighted by molar-refractivity contribution is -0.125. The van der Waals surface area contributed by atoms with Crippen molar-refractivity contribution in [2.75, 3.05) is 6.61 Å². The first-order valence-corrected chi connectivity index (χ1v) is 5.62. The second kappa shape index (κ2) is 5.01. The maximum Gasteiger partial charge on any atom is 0.262 e. The first-order valence-electron chi connectivity index (χ1n) is 5.62. The van der Waals surface area contributed by atoms with E-state index in [2.05, 4.69) is 25.2 Å². The summed E-state index contributed by atoms with van der Waals surface area (Å²) in [4.78, 5) is 11.1. The van der Waals surface area contributed by atoms with Gasteiger partial charge in [0.25, 0.3) is 5.91 Å². The molecule has 1 fully saturated rings. The van der Waals surface area contributed by atoms with Crippen LogP contribution in [0.15, 0.2) is 35.8 Å². The predicted molar refractivity (Wildman–Crippen MR) is 64.5 cm³/mol. The van der Waals surface area contributed by atoms with Gasteiger partial charge in [-0.3, -0.25) is 4.79 Å². The van der Waals surface area contributed by atoms with E-state index in [1.165, 1.54) is 0 Å². The Morgan fingerprint density at radius 3 is 2.75 bits per heavy atom. The molecule has 3 heteroatoms. The number of allylic oxidation sites excluding steroid dienone is 4. The molecule has 2 aliphatic rings. The SMILES string of the molecule is CC.CC1(C)C=CC=C2OCC(=O)NC2=C1. The van der Waals surface area contributed by atoms with E-state index in [4.69, 9.17) is 4.74 Å². The van der Waals surface area contributed by atoms with Crippen molar-refractivity contribution in [1.82, 2.24) is 5.32 Å². The first kappa shape index (κ1) is 12.6. The van der Waals surface area contributed by atoms with Gasteiger partial charge in [-0.2, -0.15) is 0 Å². The zero-order valence-corrected chi connectivity index (χ0v) is 10.3. The molecule has 3 nitrogen and oxygen atoms in total. The second-order valence-corrected chi connectivity index (χ2v) is 4.11. The zero-order valence-electron chi connectivity index (χ0n) is 10.3. The number of rotatable bonds is 0. The van der Waals surface area contributed by atoms with E-state index < -0.39 is 0 Å². The molecule has 0 aromatic rings. The van der Waals surface area contributed by atoms with E-state index in [1.807, 2.05) is 32.1 Å². The summed E-state index contributed by atoms with van der Waals surface area (Å²) in [5.74, 6) is 0.650. The molecule has 0 aromatic heterocycles. The fraction of sp³-hybridized carbons (Fsp3) is 0.462. The molecule has 16 heavy (non-hydrogen) atoms. The molecule has 88 valence electrons. The van der Waals surface area contributed by atoms with Gasteiger partial charge in [0, 0.05) is 5.41 Å². The maximum absolute atomic E-state index is 11.1. The van der Waals surface area contributed by atoms with E-state index in [-0.39, 0.29) is 17.9 Å². The minimum atomic E-state index is -0.0916. The summed E-state index contributed by atoms with van der Waals surface area (Å²) in [5.41, 5.74) is 0.720. The van der Waals surface area contributed by atoms with Crippen molar-refractivity contribution in [1.29, 1.82) is 0 Å². The average Bonchev–Trinajstić information content (AvgIpc) is 2.37. The van der Waals surface area contributed by atoms with E-state index in [0.29, 0.717) is 0 Å². The van der Waals surface area contributed by atoms with Gasteiger partial charge >= 0.3 is 0 Å². The fourth-order valence-corrected chi connectivity index (χ4v) is 1.52. The van der Waals surface area contributed by atoms with E-state index in [1.54, 1.807) is 0 Å². The molecule has 1 saturated heterocycles. The number of hydrogen-bond acceptors (Lipinski definition) is 2. The quantitative estimate of drug-likeness (QED) is 0.682. The molecule has 0 spiro atoms. The van der Waals surface area contributed by atoms with Crippen molar-refractivity contribution in [3.8, 4) is 0 Å². The van der Waals surface area contributed by atoms with Gasteiger partial charge < -0.3 is 10.1 Å². The van der Waals surface area contributed by atoms with Gasteiger partial charge in [-0.05, 0) is 12.2 Å². The van der Waals surface area contributed by atoms with Crippen LogP contribution < -0.4 is 5.32 Å². The van der Waals surface area contributed by atoms with Crippen molar-refractivity contribution >= 4 is 5.91 Å². The van der Waals surface area contributed by atoms with Crippen LogP contribution in [0.25, 0.3) is 0 Å². The molecule has 0 bridgehead atoms. The summed E-state index contributed by atoms with van der Waals surface area (Å²) >= 11 is 0. The molecular formula is C13H19NO2. The number of hydrogen-bond donors (Lipinski definition) is 1. The van der Waals surface area contributed by atoms with E-state index >= 15 is 0 Å². The van der Waals surface area contributed by atoms with Crippen LogP contribution in [-0.4, -0.2) is 12.5 Å². The Morgan fingerprint density at radius 1 is 1.38 bits per heavy atom. The van der Waals surface area contributed by atoms with Crippen LogP contribution in [0.3, 0.4) is 0 Å². The number of nitrogens with one attached hydrogen (secondary N) is 1. The molecule has 0 unspecified atom stereocenters. The molecule has 2 rings (SSSR count). The summed E-state index contributed by atoms with van der Waals surface area (Å²) in [5, 5.41) is 2.80. The summed E-state index contributed by atoms with van der Waals surface area (Å²) in [6, 6.07) is 0. The molecule has 1 aliphatic heterocycles. The van der Waals surface area contributed by atoms with Crippen molar-refractivity contribution in [2.45, 2.75) is 27.7 Å². The number of amides is 1. The summed E-state index contributed by atoms with van der Waals surface area (Å²) in [6.45, 7) is 8.26. The van der Waals surface area contributed by atoms with Crippen LogP contribution in [0.2, 0.25) is 0 Å². The highest BCUT2D eigenvalue weighted by Crippen LogP contribution is 2.27. The van der Waals surface area contributed by atoms with Crippen LogP contribution in [0.1, 0.15) is 27.7 Å². The molecule has 1 aliphatic carbocycles. The Hall–Kier alpha value is -1.51. The van der Waals surface area contributed by atoms with Gasteiger partial charge in [0.05, 0.1) is 5.70 Å². The summed E-state index contributed by atoms with van der Waals surface area (Å²) < 4.78 is 5.30. The summed E-state index contributed by atoms with van der Waals surface area (Å²) in [6.07, 6.45) is 7.90. The highest BCUT2D eigenvalue weighted by molar-refractivity contribution is 5.81. The highest BCUT2D eigenvalue weighted by Gasteiger charge is 2.23. The van der Waals surface area contributed by atoms with Gasteiger partial charge in [-0.15, -0.1) is 0 Å². The maximum atomic E-state index is 11.1. The molecular weight excluding hydrogens is 202 g/mol. The number of carbonyl (C=O) groups excluding carboxylic acids is 1. The Labute approximate surface area is 96.9 Å². The lowest BCUT2D eigenvalue weighted by Crippen LogP contribution is -2.34. The fourth-order valence-electron chi connectivity index (χ4n) is 1.52. The third-order valence-corrected chi connectivity index (χ3v) is 2.19.